The summed E-state index contributed by atoms with van der Waals surface area (Å²) in [6.07, 6.45) is 9.56. The molecule has 1 aliphatic heterocycles. The highest BCUT2D eigenvalue weighted by molar-refractivity contribution is 5.77. The van der Waals surface area contributed by atoms with Crippen LogP contribution in [-0.4, -0.2) is 47.7 Å². The van der Waals surface area contributed by atoms with Crippen LogP contribution in [-0.2, 0) is 20.7 Å². The van der Waals surface area contributed by atoms with Crippen molar-refractivity contribution in [2.45, 2.75) is 82.8 Å². The molecule has 2 rings (SSSR count). The normalized spacial score (nSPS) is 18.2. The van der Waals surface area contributed by atoms with Gasteiger partial charge in [0.25, 0.3) is 0 Å². The van der Waals surface area contributed by atoms with E-state index < -0.39 is 5.97 Å². The molecule has 1 fully saturated rings. The molecule has 156 valence electrons. The van der Waals surface area contributed by atoms with Crippen LogP contribution < -0.4 is 0 Å². The quantitative estimate of drug-likeness (QED) is 0.507. The van der Waals surface area contributed by atoms with Crippen molar-refractivity contribution in [2.24, 2.45) is 0 Å². The summed E-state index contributed by atoms with van der Waals surface area (Å²) in [5.74, 6) is -0.451. The molecule has 1 aromatic carbocycles. The van der Waals surface area contributed by atoms with E-state index in [2.05, 4.69) is 29.2 Å². The van der Waals surface area contributed by atoms with Crippen LogP contribution in [0.15, 0.2) is 30.3 Å². The number of piperidine rings is 1. The van der Waals surface area contributed by atoms with Crippen LogP contribution in [0.3, 0.4) is 0 Å². The van der Waals surface area contributed by atoms with Crippen LogP contribution in [0.2, 0.25) is 0 Å². The van der Waals surface area contributed by atoms with Gasteiger partial charge in [0.1, 0.15) is 0 Å². The van der Waals surface area contributed by atoms with Crippen LogP contribution in [0, 0.1) is 0 Å². The molecule has 1 unspecified atom stereocenters. The smallest absolute Gasteiger partial charge is 0.303 e. The van der Waals surface area contributed by atoms with E-state index in [4.69, 9.17) is 9.84 Å². The third kappa shape index (κ3) is 8.01. The average molecular weight is 390 g/mol. The molecule has 0 aliphatic carbocycles. The third-order valence-electron chi connectivity index (χ3n) is 5.69. The standard InChI is InChI=1S/C23H35NO4/c1-28-21(18-19-10-5-4-6-11-19)16-15-20-12-9-13-22(25)24(20)17-8-3-2-7-14-23(26)27/h4-6,10-11,20-21H,2-3,7-9,12-18H2,1H3,(H,26,27)/t20-,21?/m1/s1. The van der Waals surface area contributed by atoms with E-state index in [1.807, 2.05) is 6.07 Å². The molecule has 1 aliphatic rings. The SMILES string of the molecule is COC(CC[C@H]1CCCC(=O)N1CCCCCCC(=O)O)Cc1ccccc1. The first kappa shape index (κ1) is 22.4. The van der Waals surface area contributed by atoms with Crippen molar-refractivity contribution in [3.05, 3.63) is 35.9 Å². The van der Waals surface area contributed by atoms with Crippen LogP contribution in [0.4, 0.5) is 0 Å². The van der Waals surface area contributed by atoms with Gasteiger partial charge in [0.05, 0.1) is 6.10 Å². The maximum absolute atomic E-state index is 12.4. The van der Waals surface area contributed by atoms with Crippen molar-refractivity contribution in [1.82, 2.24) is 4.90 Å². The van der Waals surface area contributed by atoms with Gasteiger partial charge in [0.15, 0.2) is 0 Å². The Bertz CT molecular complexity index is 590. The number of methoxy groups -OCH3 is 1. The van der Waals surface area contributed by atoms with Crippen molar-refractivity contribution in [1.29, 1.82) is 0 Å². The van der Waals surface area contributed by atoms with Gasteiger partial charge < -0.3 is 14.7 Å². The maximum atomic E-state index is 12.4. The summed E-state index contributed by atoms with van der Waals surface area (Å²) in [5, 5.41) is 8.70. The number of rotatable bonds is 13. The Morgan fingerprint density at radius 1 is 1.21 bits per heavy atom. The molecule has 2 atom stereocenters. The summed E-state index contributed by atoms with van der Waals surface area (Å²) >= 11 is 0. The predicted molar refractivity (Wildman–Crippen MR) is 110 cm³/mol. The van der Waals surface area contributed by atoms with Crippen molar-refractivity contribution < 1.29 is 19.4 Å². The van der Waals surface area contributed by atoms with Gasteiger partial charge in [0, 0.05) is 32.5 Å². The molecule has 1 N–H and O–H groups in total. The molecule has 1 heterocycles. The molecule has 0 spiro atoms. The molecular formula is C23H35NO4. The van der Waals surface area contributed by atoms with Crippen molar-refractivity contribution in [3.8, 4) is 0 Å². The Labute approximate surface area is 169 Å². The van der Waals surface area contributed by atoms with E-state index in [1.54, 1.807) is 7.11 Å². The lowest BCUT2D eigenvalue weighted by Crippen LogP contribution is -2.44. The van der Waals surface area contributed by atoms with E-state index in [0.29, 0.717) is 12.5 Å². The van der Waals surface area contributed by atoms with Gasteiger partial charge in [-0.1, -0.05) is 43.2 Å². The lowest BCUT2D eigenvalue weighted by Gasteiger charge is -2.36. The molecule has 0 bridgehead atoms. The van der Waals surface area contributed by atoms with Gasteiger partial charge in [-0.2, -0.15) is 0 Å². The molecule has 5 nitrogen and oxygen atoms in total. The zero-order valence-electron chi connectivity index (χ0n) is 17.1. The van der Waals surface area contributed by atoms with Crippen LogP contribution >= 0.6 is 0 Å². The van der Waals surface area contributed by atoms with Gasteiger partial charge in [0.2, 0.25) is 5.91 Å². The van der Waals surface area contributed by atoms with E-state index in [0.717, 1.165) is 64.3 Å². The van der Waals surface area contributed by atoms with Gasteiger partial charge in [-0.25, -0.2) is 0 Å². The molecule has 0 aromatic heterocycles. The summed E-state index contributed by atoms with van der Waals surface area (Å²) in [7, 11) is 1.77. The number of benzene rings is 1. The first-order chi connectivity index (χ1) is 13.6. The lowest BCUT2D eigenvalue weighted by molar-refractivity contribution is -0.137. The van der Waals surface area contributed by atoms with Crippen molar-refractivity contribution in [3.63, 3.8) is 0 Å². The average Bonchev–Trinajstić information content (AvgIpc) is 2.69. The number of carboxylic acid groups (broad SMARTS) is 1. The molecule has 1 aromatic rings. The van der Waals surface area contributed by atoms with Gasteiger partial charge in [-0.15, -0.1) is 0 Å². The number of ether oxygens (including phenoxy) is 1. The number of carbonyl (C=O) groups excluding carboxylic acids is 1. The van der Waals surface area contributed by atoms with Crippen LogP contribution in [0.25, 0.3) is 0 Å². The second-order valence-electron chi connectivity index (χ2n) is 7.82. The number of carbonyl (C=O) groups is 2. The van der Waals surface area contributed by atoms with Crippen molar-refractivity contribution in [2.75, 3.05) is 13.7 Å². The van der Waals surface area contributed by atoms with Gasteiger partial charge >= 0.3 is 5.97 Å². The summed E-state index contributed by atoms with van der Waals surface area (Å²) in [6.45, 7) is 0.799. The number of aliphatic carboxylic acids is 1. The Balaban J connectivity index is 1.76. The van der Waals surface area contributed by atoms with Gasteiger partial charge in [-0.3, -0.25) is 9.59 Å². The summed E-state index contributed by atoms with van der Waals surface area (Å²) in [6, 6.07) is 10.7. The molecule has 1 amide bonds. The number of hydrogen-bond donors (Lipinski definition) is 1. The summed E-state index contributed by atoms with van der Waals surface area (Å²) < 4.78 is 5.70. The lowest BCUT2D eigenvalue weighted by atomic mass is 9.94. The Hall–Kier alpha value is -1.88. The van der Waals surface area contributed by atoms with Crippen LogP contribution in [0.1, 0.15) is 69.8 Å². The highest BCUT2D eigenvalue weighted by atomic mass is 16.5. The predicted octanol–water partition coefficient (Wildman–Crippen LogP) is 4.44. The molecule has 5 heteroatoms. The number of carboxylic acids is 1. The molecule has 0 saturated carbocycles. The Kier molecular flexibility index (Phi) is 10.0. The highest BCUT2D eigenvalue weighted by Gasteiger charge is 2.28. The number of unbranched alkanes of at least 4 members (excludes halogenated alkanes) is 3. The molecule has 0 radical (unpaired) electrons. The minimum absolute atomic E-state index is 0.178. The molecule has 1 saturated heterocycles. The van der Waals surface area contributed by atoms with E-state index in [-0.39, 0.29) is 18.4 Å². The largest absolute Gasteiger partial charge is 0.481 e. The zero-order valence-corrected chi connectivity index (χ0v) is 17.1. The fourth-order valence-corrected chi connectivity index (χ4v) is 4.07. The first-order valence-corrected chi connectivity index (χ1v) is 10.7. The zero-order chi connectivity index (χ0) is 20.2. The second kappa shape index (κ2) is 12.6. The maximum Gasteiger partial charge on any atom is 0.303 e. The number of hydrogen-bond acceptors (Lipinski definition) is 3. The summed E-state index contributed by atoms with van der Waals surface area (Å²) in [5.41, 5.74) is 1.28. The number of likely N-dealkylation sites (tertiary alicyclic amines) is 1. The second-order valence-corrected chi connectivity index (χ2v) is 7.82. The fourth-order valence-electron chi connectivity index (χ4n) is 4.07. The van der Waals surface area contributed by atoms with E-state index in [9.17, 15) is 9.59 Å². The van der Waals surface area contributed by atoms with E-state index in [1.165, 1.54) is 5.56 Å². The number of amides is 1. The number of nitrogens with zero attached hydrogens (tertiary/aromatic N) is 1. The molecular weight excluding hydrogens is 354 g/mol. The van der Waals surface area contributed by atoms with Gasteiger partial charge in [-0.05, 0) is 50.5 Å². The monoisotopic (exact) mass is 389 g/mol. The minimum atomic E-state index is -0.727. The minimum Gasteiger partial charge on any atom is -0.481 e. The fraction of sp³-hybridized carbons (Fsp3) is 0.652. The topological polar surface area (TPSA) is 66.8 Å². The first-order valence-electron chi connectivity index (χ1n) is 10.7. The third-order valence-corrected chi connectivity index (χ3v) is 5.69. The van der Waals surface area contributed by atoms with E-state index >= 15 is 0 Å². The highest BCUT2D eigenvalue weighted by Crippen LogP contribution is 2.24. The molecule has 28 heavy (non-hydrogen) atoms. The summed E-state index contributed by atoms with van der Waals surface area (Å²) in [4.78, 5) is 25.1. The van der Waals surface area contributed by atoms with Crippen LogP contribution in [0.5, 0.6) is 0 Å². The van der Waals surface area contributed by atoms with Crippen molar-refractivity contribution >= 4 is 11.9 Å². The Morgan fingerprint density at radius 2 is 1.96 bits per heavy atom. The Morgan fingerprint density at radius 3 is 2.68 bits per heavy atom.